The van der Waals surface area contributed by atoms with Gasteiger partial charge in [0.1, 0.15) is 0 Å². The van der Waals surface area contributed by atoms with Crippen LogP contribution in [-0.4, -0.2) is 11.3 Å². The fraction of sp³-hybridized carbons (Fsp3) is 0.658. The van der Waals surface area contributed by atoms with Crippen LogP contribution >= 0.6 is 17.5 Å². The molecule has 2 saturated carbocycles. The summed E-state index contributed by atoms with van der Waals surface area (Å²) in [6, 6.07) is 14.9. The van der Waals surface area contributed by atoms with Crippen molar-refractivity contribution in [1.82, 2.24) is 0 Å². The van der Waals surface area contributed by atoms with Crippen LogP contribution in [-0.2, 0) is 18.2 Å². The summed E-state index contributed by atoms with van der Waals surface area (Å²) >= 11 is 2.22. The summed E-state index contributed by atoms with van der Waals surface area (Å²) in [4.78, 5) is 0. The molecule has 0 aromatic heterocycles. The van der Waals surface area contributed by atoms with Gasteiger partial charge in [0.25, 0.3) is 0 Å². The summed E-state index contributed by atoms with van der Waals surface area (Å²) in [5.74, 6) is 1.65. The molecule has 2 aliphatic carbocycles. The SMILES string of the molecule is CC(C)c1cc(C(C)C)c(-c2ccccc2[PH+](C2CCCCC2)C2CCCCC2)c(C(C)C)c1.CCCC.[CH3-].[Cl][Pd+]. The standard InChI is InChI=1S/C33H49P.C4H10.CH3.ClH.Pd/c1-23(2)26-21-30(24(3)4)33(31(22-26)25(5)6)29-19-13-14-20-32(29)34(27-15-9-7-10-16-27)28-17-11-8-12-18-28;1-3-4-2;;;/h13-14,19-25,27-28H,7-12,15-18H2,1-6H3;3-4H2,1-2H3;1H3;1H;/q;;-1;;+2. The first-order valence-corrected chi connectivity index (χ1v) is 20.2. The Morgan fingerprint density at radius 1 is 0.683 bits per heavy atom. The Morgan fingerprint density at radius 3 is 1.46 bits per heavy atom. The molecule has 2 aliphatic rings. The van der Waals surface area contributed by atoms with Crippen LogP contribution in [0.3, 0.4) is 0 Å². The Kier molecular flexibility index (Phi) is 19.6. The molecule has 0 N–H and O–H groups in total. The fourth-order valence-electron chi connectivity index (χ4n) is 6.82. The number of hydrogen-bond donors (Lipinski definition) is 0. The van der Waals surface area contributed by atoms with Crippen molar-refractivity contribution in [3.8, 4) is 11.1 Å². The van der Waals surface area contributed by atoms with Gasteiger partial charge < -0.3 is 7.43 Å². The van der Waals surface area contributed by atoms with Crippen LogP contribution < -0.4 is 5.30 Å². The monoisotopic (exact) mass is 691 g/mol. The van der Waals surface area contributed by atoms with Gasteiger partial charge in [-0.15, -0.1) is 0 Å². The quantitative estimate of drug-likeness (QED) is 0.147. The van der Waals surface area contributed by atoms with Crippen LogP contribution in [0.15, 0.2) is 36.4 Å². The van der Waals surface area contributed by atoms with Gasteiger partial charge in [-0.3, -0.25) is 0 Å². The Labute approximate surface area is 272 Å². The summed E-state index contributed by atoms with van der Waals surface area (Å²) in [7, 11) is 3.88. The van der Waals surface area contributed by atoms with Crippen molar-refractivity contribution >= 4 is 22.8 Å². The predicted molar refractivity (Wildman–Crippen MR) is 189 cm³/mol. The van der Waals surface area contributed by atoms with Crippen molar-refractivity contribution in [2.75, 3.05) is 0 Å². The number of unbranched alkanes of at least 4 members (excludes halogenated alkanes) is 1. The fourth-order valence-corrected chi connectivity index (χ4v) is 11.2. The van der Waals surface area contributed by atoms with Crippen LogP contribution in [0.4, 0.5) is 0 Å². The number of rotatable bonds is 8. The van der Waals surface area contributed by atoms with Crippen LogP contribution in [0, 0.1) is 7.43 Å². The summed E-state index contributed by atoms with van der Waals surface area (Å²) in [5.41, 5.74) is 9.82. The number of halogens is 1. The molecule has 0 saturated heterocycles. The van der Waals surface area contributed by atoms with E-state index in [1.165, 1.54) is 82.6 Å². The van der Waals surface area contributed by atoms with Crippen LogP contribution in [0.1, 0.15) is 167 Å². The third-order valence-electron chi connectivity index (χ3n) is 9.23. The first-order chi connectivity index (χ1) is 19.3. The van der Waals surface area contributed by atoms with Crippen LogP contribution in [0.5, 0.6) is 0 Å². The molecule has 2 fully saturated rings. The predicted octanol–water partition coefficient (Wildman–Crippen LogP) is 13.2. The van der Waals surface area contributed by atoms with E-state index in [0.717, 1.165) is 11.3 Å². The van der Waals surface area contributed by atoms with E-state index in [0.29, 0.717) is 17.8 Å². The summed E-state index contributed by atoms with van der Waals surface area (Å²) in [5, 5.41) is 1.78. The molecular formula is C38H63ClPPd+. The number of benzene rings is 2. The molecule has 4 rings (SSSR count). The molecule has 236 valence electrons. The minimum atomic E-state index is -0.610. The normalized spacial score (nSPS) is 16.3. The molecule has 2 aromatic rings. The van der Waals surface area contributed by atoms with Gasteiger partial charge in [-0.2, -0.15) is 0 Å². The molecule has 0 spiro atoms. The van der Waals surface area contributed by atoms with Crippen LogP contribution in [0.25, 0.3) is 11.1 Å². The van der Waals surface area contributed by atoms with Gasteiger partial charge >= 0.3 is 27.7 Å². The van der Waals surface area contributed by atoms with E-state index in [4.69, 9.17) is 0 Å². The summed E-state index contributed by atoms with van der Waals surface area (Å²) in [6.45, 7) is 18.7. The zero-order valence-corrected chi connectivity index (χ0v) is 31.3. The second kappa shape index (κ2) is 20.7. The first-order valence-electron chi connectivity index (χ1n) is 16.6. The van der Waals surface area contributed by atoms with Gasteiger partial charge in [0.15, 0.2) is 0 Å². The maximum atomic E-state index is 4.49. The minimum absolute atomic E-state index is 0. The Hall–Kier alpha value is -0.178. The van der Waals surface area contributed by atoms with E-state index in [-0.39, 0.29) is 7.43 Å². The molecule has 2 aromatic carbocycles. The van der Waals surface area contributed by atoms with Gasteiger partial charge in [-0.1, -0.05) is 111 Å². The molecule has 0 atom stereocenters. The Morgan fingerprint density at radius 2 is 1.10 bits per heavy atom. The zero-order valence-electron chi connectivity index (χ0n) is 28.0. The average molecular weight is 693 g/mol. The van der Waals surface area contributed by atoms with Gasteiger partial charge in [0.2, 0.25) is 0 Å². The molecule has 41 heavy (non-hydrogen) atoms. The van der Waals surface area contributed by atoms with Crippen molar-refractivity contribution in [2.24, 2.45) is 0 Å². The van der Waals surface area contributed by atoms with E-state index < -0.39 is 7.92 Å². The van der Waals surface area contributed by atoms with Gasteiger partial charge in [0.05, 0.1) is 16.6 Å². The Bertz CT molecular complexity index is 921. The Balaban J connectivity index is 0.00000111. The van der Waals surface area contributed by atoms with Crippen molar-refractivity contribution in [3.05, 3.63) is 60.5 Å². The van der Waals surface area contributed by atoms with Gasteiger partial charge in [-0.05, 0) is 97.4 Å². The zero-order chi connectivity index (χ0) is 29.7. The summed E-state index contributed by atoms with van der Waals surface area (Å²) in [6.07, 6.45) is 17.4. The van der Waals surface area contributed by atoms with Gasteiger partial charge in [-0.25, -0.2) is 0 Å². The van der Waals surface area contributed by atoms with Crippen molar-refractivity contribution in [1.29, 1.82) is 0 Å². The molecule has 0 heterocycles. The van der Waals surface area contributed by atoms with Crippen molar-refractivity contribution in [3.63, 3.8) is 0 Å². The summed E-state index contributed by atoms with van der Waals surface area (Å²) < 4.78 is 0. The molecule has 0 unspecified atom stereocenters. The topological polar surface area (TPSA) is 0 Å². The molecule has 0 bridgehead atoms. The third-order valence-corrected chi connectivity index (χ3v) is 13.2. The van der Waals surface area contributed by atoms with E-state index in [1.807, 2.05) is 0 Å². The van der Waals surface area contributed by atoms with Crippen LogP contribution in [0.2, 0.25) is 0 Å². The van der Waals surface area contributed by atoms with E-state index in [9.17, 15) is 0 Å². The van der Waals surface area contributed by atoms with E-state index in [1.54, 1.807) is 27.6 Å². The van der Waals surface area contributed by atoms with Crippen molar-refractivity contribution in [2.45, 2.75) is 162 Å². The molecular weight excluding hydrogens is 629 g/mol. The molecule has 0 amide bonds. The van der Waals surface area contributed by atoms with Crippen molar-refractivity contribution < 1.29 is 18.2 Å². The van der Waals surface area contributed by atoms with E-state index in [2.05, 4.69) is 119 Å². The van der Waals surface area contributed by atoms with Gasteiger partial charge in [0, 0.05) is 13.5 Å². The maximum absolute atomic E-state index is 4.49. The average Bonchev–Trinajstić information content (AvgIpc) is 2.99. The first kappa shape index (κ1) is 38.8. The number of hydrogen-bond acceptors (Lipinski definition) is 0. The molecule has 3 heteroatoms. The molecule has 0 nitrogen and oxygen atoms in total. The molecule has 0 radical (unpaired) electrons. The van der Waals surface area contributed by atoms with E-state index >= 15 is 0 Å². The molecule has 0 aliphatic heterocycles. The second-order valence-corrected chi connectivity index (χ2v) is 16.3. The third kappa shape index (κ3) is 11.0. The second-order valence-electron chi connectivity index (χ2n) is 13.2.